The van der Waals surface area contributed by atoms with Crippen LogP contribution in [0.2, 0.25) is 10.0 Å². The van der Waals surface area contributed by atoms with E-state index in [1.165, 1.54) is 11.3 Å². The van der Waals surface area contributed by atoms with Crippen LogP contribution in [0.1, 0.15) is 31.8 Å². The van der Waals surface area contributed by atoms with Gasteiger partial charge in [-0.15, -0.1) is 11.3 Å². The Kier molecular flexibility index (Phi) is 8.37. The van der Waals surface area contributed by atoms with Gasteiger partial charge in [0.05, 0.1) is 14.2 Å². The molecule has 0 aliphatic carbocycles. The highest BCUT2D eigenvalue weighted by atomic mass is 35.5. The number of pyridine rings is 1. The smallest absolute Gasteiger partial charge is 0.348 e. The maximum atomic E-state index is 12.9. The summed E-state index contributed by atoms with van der Waals surface area (Å²) in [6.45, 7) is 0.0195. The van der Waals surface area contributed by atoms with Crippen molar-refractivity contribution < 1.29 is 28.7 Å². The Hall–Kier alpha value is -2.32. The Morgan fingerprint density at radius 2 is 1.78 bits per heavy atom. The van der Waals surface area contributed by atoms with Crippen molar-refractivity contribution in [3.63, 3.8) is 0 Å². The van der Waals surface area contributed by atoms with Crippen LogP contribution in [0.25, 0.3) is 0 Å². The molecule has 0 unspecified atom stereocenters. The van der Waals surface area contributed by atoms with Gasteiger partial charge in [-0.25, -0.2) is 9.36 Å². The van der Waals surface area contributed by atoms with Crippen molar-refractivity contribution in [1.82, 2.24) is 0 Å². The number of methoxy groups -OCH3 is 2. The molecule has 9 heteroatoms. The van der Waals surface area contributed by atoms with Crippen molar-refractivity contribution in [3.05, 3.63) is 73.7 Å². The number of benzene rings is 1. The Bertz CT molecular complexity index is 1080. The summed E-state index contributed by atoms with van der Waals surface area (Å²) in [5.74, 6) is 0.618. The molecule has 0 aliphatic heterocycles. The first-order valence-electron chi connectivity index (χ1n) is 9.81. The van der Waals surface area contributed by atoms with Gasteiger partial charge in [-0.3, -0.25) is 0 Å². The number of carbonyl (C=O) groups is 1. The number of thiophene rings is 1. The SMILES string of the molecule is COc1ccc([C@H](Cc2c(Cl)c[n+](C)cc2Cl)OC(=O)c2ccc(CCO)s2)cc1OC. The number of aliphatic hydroxyl groups is 1. The first-order valence-corrected chi connectivity index (χ1v) is 11.4. The standard InChI is InChI=1S/C23H24Cl2NO5S/c1-26-12-17(24)16(18(25)13-26)11-20(14-4-6-19(29-2)21(10-14)30-3)31-23(28)22-7-5-15(32-22)8-9-27/h4-7,10,12-13,20,27H,8-9,11H2,1-3H3/q+1/t20-/m0/s1. The molecule has 3 aromatic rings. The molecule has 0 bridgehead atoms. The Balaban J connectivity index is 1.96. The van der Waals surface area contributed by atoms with Crippen LogP contribution in [0.15, 0.2) is 42.7 Å². The Morgan fingerprint density at radius 3 is 2.41 bits per heavy atom. The highest BCUT2D eigenvalue weighted by Gasteiger charge is 2.25. The van der Waals surface area contributed by atoms with E-state index in [1.807, 2.05) is 19.2 Å². The lowest BCUT2D eigenvalue weighted by atomic mass is 10.0. The second-order valence-corrected chi connectivity index (χ2v) is 9.03. The van der Waals surface area contributed by atoms with Gasteiger partial charge in [-0.2, -0.15) is 0 Å². The fourth-order valence-electron chi connectivity index (χ4n) is 3.25. The number of aryl methyl sites for hydroxylation is 1. The molecule has 2 aromatic heterocycles. The lowest BCUT2D eigenvalue weighted by Gasteiger charge is -2.20. The van der Waals surface area contributed by atoms with Crippen LogP contribution in [0.4, 0.5) is 0 Å². The Labute approximate surface area is 200 Å². The van der Waals surface area contributed by atoms with E-state index in [1.54, 1.807) is 49.4 Å². The molecule has 0 fully saturated rings. The largest absolute Gasteiger partial charge is 0.493 e. The quantitative estimate of drug-likeness (QED) is 0.347. The lowest BCUT2D eigenvalue weighted by molar-refractivity contribution is -0.671. The van der Waals surface area contributed by atoms with Crippen LogP contribution in [-0.4, -0.2) is 31.9 Å². The summed E-state index contributed by atoms with van der Waals surface area (Å²) >= 11 is 14.2. The molecule has 2 heterocycles. The third-order valence-electron chi connectivity index (χ3n) is 4.85. The van der Waals surface area contributed by atoms with E-state index < -0.39 is 12.1 Å². The molecule has 0 aliphatic rings. The number of halogens is 2. The first-order chi connectivity index (χ1) is 15.4. The van der Waals surface area contributed by atoms with Crippen LogP contribution < -0.4 is 14.0 Å². The number of aliphatic hydroxyl groups excluding tert-OH is 1. The van der Waals surface area contributed by atoms with Gasteiger partial charge in [-0.1, -0.05) is 29.3 Å². The summed E-state index contributed by atoms with van der Waals surface area (Å²) in [5, 5.41) is 10.1. The number of hydrogen-bond acceptors (Lipinski definition) is 6. The van der Waals surface area contributed by atoms with Crippen molar-refractivity contribution in [2.45, 2.75) is 18.9 Å². The average molecular weight is 497 g/mol. The average Bonchev–Trinajstić information content (AvgIpc) is 3.23. The molecule has 0 amide bonds. The number of aromatic nitrogens is 1. The third kappa shape index (κ3) is 5.72. The molecule has 1 atom stereocenters. The van der Waals surface area contributed by atoms with E-state index in [4.69, 9.17) is 42.5 Å². The molecule has 6 nitrogen and oxygen atoms in total. The lowest BCUT2D eigenvalue weighted by Crippen LogP contribution is -2.27. The van der Waals surface area contributed by atoms with E-state index in [9.17, 15) is 4.79 Å². The molecule has 1 N–H and O–H groups in total. The van der Waals surface area contributed by atoms with E-state index in [-0.39, 0.29) is 13.0 Å². The number of carbonyl (C=O) groups excluding carboxylic acids is 1. The minimum absolute atomic E-state index is 0.0195. The molecule has 170 valence electrons. The third-order valence-corrected chi connectivity index (χ3v) is 6.63. The molecule has 0 saturated carbocycles. The summed E-state index contributed by atoms with van der Waals surface area (Å²) in [6, 6.07) is 8.86. The summed E-state index contributed by atoms with van der Waals surface area (Å²) in [4.78, 5) is 14.3. The van der Waals surface area contributed by atoms with Gasteiger partial charge >= 0.3 is 5.97 Å². The second-order valence-electron chi connectivity index (χ2n) is 7.05. The normalized spacial score (nSPS) is 11.8. The van der Waals surface area contributed by atoms with Gasteiger partial charge in [0.2, 0.25) is 0 Å². The van der Waals surface area contributed by atoms with Crippen molar-refractivity contribution in [2.24, 2.45) is 7.05 Å². The summed E-state index contributed by atoms with van der Waals surface area (Å²) in [6.07, 6.45) is 3.58. The predicted octanol–water partition coefficient (Wildman–Crippen LogP) is 4.57. The van der Waals surface area contributed by atoms with Crippen LogP contribution in [-0.2, 0) is 24.6 Å². The number of esters is 1. The molecular formula is C23H24Cl2NO5S+. The second kappa shape index (κ2) is 11.0. The van der Waals surface area contributed by atoms with Gasteiger partial charge in [0.25, 0.3) is 0 Å². The maximum absolute atomic E-state index is 12.9. The van der Waals surface area contributed by atoms with Crippen LogP contribution in [0.5, 0.6) is 11.5 Å². The van der Waals surface area contributed by atoms with Crippen molar-refractivity contribution in [2.75, 3.05) is 20.8 Å². The Morgan fingerprint density at radius 1 is 1.09 bits per heavy atom. The predicted molar refractivity (Wildman–Crippen MR) is 124 cm³/mol. The molecule has 0 spiro atoms. The zero-order valence-corrected chi connectivity index (χ0v) is 20.3. The molecule has 0 radical (unpaired) electrons. The molecular weight excluding hydrogens is 473 g/mol. The van der Waals surface area contributed by atoms with Crippen LogP contribution in [0.3, 0.4) is 0 Å². The van der Waals surface area contributed by atoms with E-state index in [0.29, 0.717) is 44.0 Å². The minimum atomic E-state index is -0.673. The highest BCUT2D eigenvalue weighted by Crippen LogP contribution is 2.35. The van der Waals surface area contributed by atoms with Gasteiger partial charge in [0.15, 0.2) is 23.9 Å². The maximum Gasteiger partial charge on any atom is 0.348 e. The minimum Gasteiger partial charge on any atom is -0.493 e. The van der Waals surface area contributed by atoms with E-state index in [2.05, 4.69) is 0 Å². The fourth-order valence-corrected chi connectivity index (χ4v) is 4.84. The number of hydrogen-bond donors (Lipinski definition) is 1. The number of ether oxygens (including phenoxy) is 3. The van der Waals surface area contributed by atoms with Gasteiger partial charge in [0, 0.05) is 29.9 Å². The highest BCUT2D eigenvalue weighted by molar-refractivity contribution is 7.13. The fraction of sp³-hybridized carbons (Fsp3) is 0.304. The van der Waals surface area contributed by atoms with Crippen molar-refractivity contribution in [1.29, 1.82) is 0 Å². The molecule has 32 heavy (non-hydrogen) atoms. The van der Waals surface area contributed by atoms with Crippen LogP contribution >= 0.6 is 34.5 Å². The molecule has 0 saturated heterocycles. The summed E-state index contributed by atoms with van der Waals surface area (Å²) in [7, 11) is 4.93. The topological polar surface area (TPSA) is 68.9 Å². The van der Waals surface area contributed by atoms with E-state index >= 15 is 0 Å². The zero-order chi connectivity index (χ0) is 23.3. The van der Waals surface area contributed by atoms with Gasteiger partial charge in [0.1, 0.15) is 28.1 Å². The monoisotopic (exact) mass is 496 g/mol. The number of rotatable bonds is 9. The molecule has 1 aromatic carbocycles. The van der Waals surface area contributed by atoms with Gasteiger partial charge in [-0.05, 0) is 29.8 Å². The number of nitrogens with zero attached hydrogens (tertiary/aromatic N) is 1. The summed E-state index contributed by atoms with van der Waals surface area (Å²) in [5.41, 5.74) is 1.38. The molecule has 3 rings (SSSR count). The summed E-state index contributed by atoms with van der Waals surface area (Å²) < 4.78 is 18.4. The van der Waals surface area contributed by atoms with Crippen molar-refractivity contribution >= 4 is 40.5 Å². The van der Waals surface area contributed by atoms with Gasteiger partial charge < -0.3 is 19.3 Å². The van der Waals surface area contributed by atoms with Crippen LogP contribution in [0, 0.1) is 0 Å². The van der Waals surface area contributed by atoms with Crippen molar-refractivity contribution in [3.8, 4) is 11.5 Å². The zero-order valence-electron chi connectivity index (χ0n) is 17.9. The first kappa shape index (κ1) is 24.3. The van der Waals surface area contributed by atoms with E-state index in [0.717, 1.165) is 4.88 Å².